The van der Waals surface area contributed by atoms with Gasteiger partial charge in [-0.1, -0.05) is 60.7 Å². The number of aromatic nitrogens is 1. The molecule has 1 amide bonds. The van der Waals surface area contributed by atoms with Gasteiger partial charge in [-0.05, 0) is 48.2 Å². The number of aliphatic hydroxyl groups excluding tert-OH is 1. The zero-order valence-electron chi connectivity index (χ0n) is 18.9. The zero-order valence-corrected chi connectivity index (χ0v) is 18.9. The molecule has 0 saturated carbocycles. The van der Waals surface area contributed by atoms with E-state index in [-0.39, 0.29) is 30.5 Å². The molecule has 3 aromatic rings. The summed E-state index contributed by atoms with van der Waals surface area (Å²) in [6.07, 6.45) is 4.12. The molecule has 0 bridgehead atoms. The Balaban J connectivity index is 1.35. The van der Waals surface area contributed by atoms with E-state index in [9.17, 15) is 9.90 Å². The number of carbonyl (C=O) groups is 1. The number of aliphatic hydroxyl groups is 1. The number of nitrogens with zero attached hydrogens (tertiary/aromatic N) is 3. The van der Waals surface area contributed by atoms with E-state index in [2.05, 4.69) is 58.4 Å². The lowest BCUT2D eigenvalue weighted by atomic mass is 9.74. The average molecular weight is 442 g/mol. The summed E-state index contributed by atoms with van der Waals surface area (Å²) in [4.78, 5) is 21.9. The smallest absolute Gasteiger partial charge is 0.228 e. The predicted molar refractivity (Wildman–Crippen MR) is 130 cm³/mol. The van der Waals surface area contributed by atoms with Crippen LogP contribution in [0.3, 0.4) is 0 Å². The summed E-state index contributed by atoms with van der Waals surface area (Å²) in [5.74, 6) is 0.365. The van der Waals surface area contributed by atoms with Crippen LogP contribution in [0.2, 0.25) is 0 Å². The first-order valence-electron chi connectivity index (χ1n) is 11.9. The topological polar surface area (TPSA) is 56.7 Å². The number of hydrogen-bond donors (Lipinski definition) is 1. The maximum atomic E-state index is 13.1. The summed E-state index contributed by atoms with van der Waals surface area (Å²) >= 11 is 0. The number of hydrogen-bond acceptors (Lipinski definition) is 4. The lowest BCUT2D eigenvalue weighted by Gasteiger charge is -2.57. The molecule has 3 heterocycles. The molecule has 2 aliphatic heterocycles. The van der Waals surface area contributed by atoms with E-state index in [1.54, 1.807) is 6.20 Å². The van der Waals surface area contributed by atoms with Crippen LogP contribution in [0, 0.1) is 0 Å². The molecule has 5 rings (SSSR count). The molecule has 5 nitrogen and oxygen atoms in total. The number of fused-ring (bicyclic) bond motifs is 1. The van der Waals surface area contributed by atoms with Crippen LogP contribution in [0.1, 0.15) is 30.0 Å². The van der Waals surface area contributed by atoms with Gasteiger partial charge in [-0.15, -0.1) is 0 Å². The molecule has 33 heavy (non-hydrogen) atoms. The number of pyridine rings is 1. The van der Waals surface area contributed by atoms with E-state index in [1.165, 1.54) is 16.7 Å². The Morgan fingerprint density at radius 3 is 2.36 bits per heavy atom. The first-order chi connectivity index (χ1) is 16.2. The second kappa shape index (κ2) is 9.86. The van der Waals surface area contributed by atoms with Gasteiger partial charge in [0.05, 0.1) is 13.0 Å². The van der Waals surface area contributed by atoms with Gasteiger partial charge >= 0.3 is 0 Å². The molecule has 0 unspecified atom stereocenters. The van der Waals surface area contributed by atoms with Crippen molar-refractivity contribution in [3.8, 4) is 11.1 Å². The van der Waals surface area contributed by atoms with E-state index in [4.69, 9.17) is 0 Å². The number of carbonyl (C=O) groups excluding carboxylic acids is 1. The second-order valence-corrected chi connectivity index (χ2v) is 9.11. The van der Waals surface area contributed by atoms with Gasteiger partial charge in [0.15, 0.2) is 0 Å². The molecule has 2 fully saturated rings. The minimum Gasteiger partial charge on any atom is -0.395 e. The maximum absolute atomic E-state index is 13.1. The van der Waals surface area contributed by atoms with Crippen molar-refractivity contribution in [1.82, 2.24) is 14.8 Å². The van der Waals surface area contributed by atoms with Crippen molar-refractivity contribution < 1.29 is 9.90 Å². The van der Waals surface area contributed by atoms with Crippen molar-refractivity contribution in [3.63, 3.8) is 0 Å². The second-order valence-electron chi connectivity index (χ2n) is 9.11. The Kier molecular flexibility index (Phi) is 6.51. The highest BCUT2D eigenvalue weighted by molar-refractivity contribution is 5.78. The molecule has 5 heteroatoms. The van der Waals surface area contributed by atoms with Gasteiger partial charge in [-0.25, -0.2) is 0 Å². The maximum Gasteiger partial charge on any atom is 0.228 e. The summed E-state index contributed by atoms with van der Waals surface area (Å²) < 4.78 is 0. The fourth-order valence-corrected chi connectivity index (χ4v) is 5.46. The lowest BCUT2D eigenvalue weighted by Crippen LogP contribution is -2.68. The molecule has 2 saturated heterocycles. The van der Waals surface area contributed by atoms with Crippen molar-refractivity contribution in [2.75, 3.05) is 26.2 Å². The van der Waals surface area contributed by atoms with Crippen LogP contribution in [0.4, 0.5) is 0 Å². The fraction of sp³-hybridized carbons (Fsp3) is 0.357. The van der Waals surface area contributed by atoms with Gasteiger partial charge < -0.3 is 10.0 Å². The van der Waals surface area contributed by atoms with Gasteiger partial charge in [-0.2, -0.15) is 0 Å². The number of benzene rings is 2. The minimum atomic E-state index is 0.114. The van der Waals surface area contributed by atoms with Crippen LogP contribution >= 0.6 is 0 Å². The highest BCUT2D eigenvalue weighted by Gasteiger charge is 2.49. The monoisotopic (exact) mass is 441 g/mol. The Morgan fingerprint density at radius 2 is 1.64 bits per heavy atom. The van der Waals surface area contributed by atoms with Gasteiger partial charge in [0.25, 0.3) is 0 Å². The summed E-state index contributed by atoms with van der Waals surface area (Å²) in [5.41, 5.74) is 4.46. The van der Waals surface area contributed by atoms with Crippen molar-refractivity contribution in [3.05, 3.63) is 90.3 Å². The normalized spacial score (nSPS) is 23.2. The molecule has 0 radical (unpaired) electrons. The lowest BCUT2D eigenvalue weighted by molar-refractivity contribution is -0.135. The van der Waals surface area contributed by atoms with E-state index in [0.29, 0.717) is 13.0 Å². The van der Waals surface area contributed by atoms with E-state index < -0.39 is 0 Å². The molecular formula is C28H31N3O2. The Morgan fingerprint density at radius 1 is 0.909 bits per heavy atom. The highest BCUT2D eigenvalue weighted by atomic mass is 16.3. The van der Waals surface area contributed by atoms with Crippen molar-refractivity contribution in [1.29, 1.82) is 0 Å². The van der Waals surface area contributed by atoms with E-state index >= 15 is 0 Å². The molecule has 0 spiro atoms. The molecule has 170 valence electrons. The molecule has 1 N–H and O–H groups in total. The van der Waals surface area contributed by atoms with Crippen molar-refractivity contribution in [2.24, 2.45) is 0 Å². The molecule has 2 aromatic carbocycles. The molecule has 0 aliphatic carbocycles. The Hall–Kier alpha value is -3.02. The van der Waals surface area contributed by atoms with Crippen molar-refractivity contribution in [2.45, 2.75) is 37.3 Å². The van der Waals surface area contributed by atoms with Gasteiger partial charge in [0.2, 0.25) is 5.91 Å². The minimum absolute atomic E-state index is 0.114. The van der Waals surface area contributed by atoms with E-state index in [1.807, 2.05) is 29.2 Å². The SMILES string of the molecule is O=C(Cc1ccccn1)N1CCCCN2[C@@H](CO)[C@H](c3ccc(-c4ccccc4)cc3)[C@@H]2C1. The van der Waals surface area contributed by atoms with Gasteiger partial charge in [0.1, 0.15) is 0 Å². The third kappa shape index (κ3) is 4.56. The zero-order chi connectivity index (χ0) is 22.6. The quantitative estimate of drug-likeness (QED) is 0.655. The molecule has 3 atom stereocenters. The number of rotatable bonds is 5. The molecular weight excluding hydrogens is 410 g/mol. The largest absolute Gasteiger partial charge is 0.395 e. The first kappa shape index (κ1) is 21.8. The molecule has 1 aromatic heterocycles. The highest BCUT2D eigenvalue weighted by Crippen LogP contribution is 2.42. The Labute approximate surface area is 195 Å². The first-order valence-corrected chi connectivity index (χ1v) is 11.9. The standard InChI is InChI=1S/C28H31N3O2/c32-20-26-28(23-13-11-22(12-14-23)21-8-2-1-3-9-21)25-19-30(16-6-7-17-31(25)26)27(33)18-24-10-4-5-15-29-24/h1-5,8-15,25-26,28,32H,6-7,16-20H2/t25-,26-,28+/m0/s1. The third-order valence-corrected chi connectivity index (χ3v) is 7.18. The van der Waals surface area contributed by atoms with Crippen LogP contribution in [0.25, 0.3) is 11.1 Å². The van der Waals surface area contributed by atoms with Crippen LogP contribution in [0.15, 0.2) is 79.0 Å². The van der Waals surface area contributed by atoms with E-state index in [0.717, 1.165) is 31.6 Å². The fourth-order valence-electron chi connectivity index (χ4n) is 5.46. The van der Waals surface area contributed by atoms with Crippen LogP contribution in [-0.4, -0.2) is 64.1 Å². The molecule has 2 aliphatic rings. The van der Waals surface area contributed by atoms with Gasteiger partial charge in [-0.3, -0.25) is 14.7 Å². The summed E-state index contributed by atoms with van der Waals surface area (Å²) in [5, 5.41) is 10.2. The summed E-state index contributed by atoms with van der Waals surface area (Å²) in [6.45, 7) is 2.62. The van der Waals surface area contributed by atoms with Crippen LogP contribution < -0.4 is 0 Å². The van der Waals surface area contributed by atoms with Crippen LogP contribution in [-0.2, 0) is 11.2 Å². The average Bonchev–Trinajstić information content (AvgIpc) is 2.84. The van der Waals surface area contributed by atoms with Gasteiger partial charge in [0, 0.05) is 43.0 Å². The van der Waals surface area contributed by atoms with Crippen LogP contribution in [0.5, 0.6) is 0 Å². The Bertz CT molecular complexity index is 1060. The third-order valence-electron chi connectivity index (χ3n) is 7.18. The predicted octanol–water partition coefficient (Wildman–Crippen LogP) is 3.74. The van der Waals surface area contributed by atoms with Crippen molar-refractivity contribution >= 4 is 5.91 Å². The summed E-state index contributed by atoms with van der Waals surface area (Å²) in [6, 6.07) is 25.2. The number of amides is 1. The summed E-state index contributed by atoms with van der Waals surface area (Å²) in [7, 11) is 0.